The van der Waals surface area contributed by atoms with Crippen LogP contribution in [0.15, 0.2) is 42.9 Å². The zero-order valence-electron chi connectivity index (χ0n) is 19.7. The maximum absolute atomic E-state index is 9.97. The second kappa shape index (κ2) is 10.1. The van der Waals surface area contributed by atoms with Gasteiger partial charge in [0.25, 0.3) is 0 Å². The number of anilines is 1. The summed E-state index contributed by atoms with van der Waals surface area (Å²) < 4.78 is 13.9. The van der Waals surface area contributed by atoms with Crippen molar-refractivity contribution in [1.29, 1.82) is 0 Å². The smallest absolute Gasteiger partial charge is 0.206 e. The van der Waals surface area contributed by atoms with Crippen LogP contribution < -0.4 is 10.5 Å². The van der Waals surface area contributed by atoms with Crippen molar-refractivity contribution in [2.45, 2.75) is 38.5 Å². The van der Waals surface area contributed by atoms with Gasteiger partial charge in [0.2, 0.25) is 5.88 Å². The van der Waals surface area contributed by atoms with E-state index < -0.39 is 20.8 Å². The van der Waals surface area contributed by atoms with Gasteiger partial charge in [0.1, 0.15) is 31.6 Å². The lowest BCUT2D eigenvalue weighted by atomic mass is 10.1. The highest BCUT2D eigenvalue weighted by Crippen LogP contribution is 2.42. The number of aromatic nitrogens is 4. The van der Waals surface area contributed by atoms with Gasteiger partial charge in [0.15, 0.2) is 5.65 Å². The van der Waals surface area contributed by atoms with Crippen molar-refractivity contribution in [2.75, 3.05) is 25.6 Å². The summed E-state index contributed by atoms with van der Waals surface area (Å²) in [7, 11) is -1.26. The minimum atomic E-state index is -1.26. The molecule has 1 atom stereocenters. The number of aliphatic hydroxyl groups is 2. The van der Waals surface area contributed by atoms with Crippen LogP contribution >= 0.6 is 0 Å². The average Bonchev–Trinajstić information content (AvgIpc) is 3.13. The number of nitrogens with two attached hydrogens (primary N) is 1. The largest absolute Gasteiger partial charge is 0.475 e. The first-order chi connectivity index (χ1) is 16.3. The Bertz CT molecular complexity index is 1290. The van der Waals surface area contributed by atoms with Gasteiger partial charge in [0.05, 0.1) is 23.1 Å². The summed E-state index contributed by atoms with van der Waals surface area (Å²) in [6.45, 7) is 7.18. The fourth-order valence-electron chi connectivity index (χ4n) is 3.68. The molecule has 0 aliphatic carbocycles. The lowest BCUT2D eigenvalue weighted by Crippen LogP contribution is -2.23. The second-order valence-electron chi connectivity index (χ2n) is 9.48. The summed E-state index contributed by atoms with van der Waals surface area (Å²) in [5, 5.41) is 20.9. The van der Waals surface area contributed by atoms with Crippen molar-refractivity contribution in [1.82, 2.24) is 19.5 Å². The third-order valence-electron chi connectivity index (χ3n) is 5.54. The van der Waals surface area contributed by atoms with Crippen molar-refractivity contribution in [2.24, 2.45) is 0 Å². The number of benzene rings is 1. The zero-order chi connectivity index (χ0) is 24.3. The van der Waals surface area contributed by atoms with Crippen molar-refractivity contribution in [3.63, 3.8) is 0 Å². The van der Waals surface area contributed by atoms with E-state index in [-0.39, 0.29) is 13.3 Å². The van der Waals surface area contributed by atoms with E-state index in [9.17, 15) is 10.2 Å². The number of nitrogen functional groups attached to an aromatic ring is 1. The third-order valence-corrected chi connectivity index (χ3v) is 7.24. The molecule has 0 saturated carbocycles. The molecule has 3 heterocycles. The van der Waals surface area contributed by atoms with Gasteiger partial charge in [-0.2, -0.15) is 0 Å². The zero-order valence-corrected chi connectivity index (χ0v) is 20.7. The molecule has 4 aromatic rings. The van der Waals surface area contributed by atoms with Gasteiger partial charge < -0.3 is 25.4 Å². The molecule has 0 fully saturated rings. The predicted molar refractivity (Wildman–Crippen MR) is 135 cm³/mol. The molecule has 34 heavy (non-hydrogen) atoms. The molecule has 1 unspecified atom stereocenters. The van der Waals surface area contributed by atoms with Gasteiger partial charge >= 0.3 is 0 Å². The van der Waals surface area contributed by atoms with Crippen molar-refractivity contribution in [3.8, 4) is 17.0 Å². The summed E-state index contributed by atoms with van der Waals surface area (Å²) in [5.74, 6) is 0.737. The molecule has 3 aromatic heterocycles. The molecule has 1 aromatic carbocycles. The van der Waals surface area contributed by atoms with Gasteiger partial charge in [-0.25, -0.2) is 9.97 Å². The maximum atomic E-state index is 9.97. The molecule has 10 heteroatoms. The highest BCUT2D eigenvalue weighted by atomic mass is 28.3. The minimum Gasteiger partial charge on any atom is -0.475 e. The summed E-state index contributed by atoms with van der Waals surface area (Å²) in [5.41, 5.74) is 9.20. The molecule has 0 radical (unpaired) electrons. The quantitative estimate of drug-likeness (QED) is 0.233. The maximum Gasteiger partial charge on any atom is 0.206 e. The van der Waals surface area contributed by atoms with Crippen LogP contribution in [0.1, 0.15) is 0 Å². The lowest BCUT2D eigenvalue weighted by Gasteiger charge is -2.17. The number of rotatable bonds is 10. The molecular weight excluding hydrogens is 450 g/mol. The van der Waals surface area contributed by atoms with Crippen molar-refractivity contribution >= 4 is 35.8 Å². The van der Waals surface area contributed by atoms with Crippen LogP contribution in [0.4, 0.5) is 5.82 Å². The van der Waals surface area contributed by atoms with E-state index in [0.717, 1.165) is 22.5 Å². The number of nitrogens with zero attached hydrogens (tertiary/aromatic N) is 4. The summed E-state index contributed by atoms with van der Waals surface area (Å²) in [6.07, 6.45) is 2.13. The van der Waals surface area contributed by atoms with Gasteiger partial charge in [-0.1, -0.05) is 37.8 Å². The number of para-hydroxylation sites is 1. The van der Waals surface area contributed by atoms with Crippen molar-refractivity contribution in [3.05, 3.63) is 42.9 Å². The second-order valence-corrected chi connectivity index (χ2v) is 15.1. The van der Waals surface area contributed by atoms with E-state index in [2.05, 4.69) is 34.6 Å². The molecule has 9 nitrogen and oxygen atoms in total. The van der Waals surface area contributed by atoms with Crippen molar-refractivity contribution < 1.29 is 19.7 Å². The van der Waals surface area contributed by atoms with Crippen LogP contribution in [-0.4, -0.2) is 63.7 Å². The van der Waals surface area contributed by atoms with E-state index >= 15 is 0 Å². The third kappa shape index (κ3) is 5.20. The Morgan fingerprint density at radius 3 is 2.71 bits per heavy atom. The monoisotopic (exact) mass is 481 g/mol. The Labute approximate surface area is 199 Å². The molecule has 0 aliphatic rings. The number of hydrogen-bond donors (Lipinski definition) is 3. The van der Waals surface area contributed by atoms with E-state index in [0.29, 0.717) is 34.9 Å². The van der Waals surface area contributed by atoms with Gasteiger partial charge in [-0.3, -0.25) is 9.55 Å². The normalized spacial score (nSPS) is 13.0. The summed E-state index contributed by atoms with van der Waals surface area (Å²) in [4.78, 5) is 13.3. The van der Waals surface area contributed by atoms with E-state index in [1.54, 1.807) is 10.8 Å². The fraction of sp³-hybridized carbons (Fsp3) is 0.375. The predicted octanol–water partition coefficient (Wildman–Crippen LogP) is 3.27. The number of hydrogen-bond acceptors (Lipinski definition) is 8. The highest BCUT2D eigenvalue weighted by molar-refractivity contribution is 6.76. The molecule has 4 rings (SSSR count). The Morgan fingerprint density at radius 2 is 1.94 bits per heavy atom. The molecule has 0 aliphatic heterocycles. The van der Waals surface area contributed by atoms with Crippen LogP contribution in [0.5, 0.6) is 5.88 Å². The van der Waals surface area contributed by atoms with E-state index in [4.69, 9.17) is 15.2 Å². The van der Waals surface area contributed by atoms with Crippen LogP contribution in [0.25, 0.3) is 33.1 Å². The minimum absolute atomic E-state index is 0.108. The Morgan fingerprint density at radius 1 is 1.15 bits per heavy atom. The Balaban J connectivity index is 1.84. The van der Waals surface area contributed by atoms with E-state index in [1.807, 2.05) is 30.3 Å². The number of aliphatic hydroxyl groups excluding tert-OH is 2. The molecular formula is C24H31N5O4Si. The number of ether oxygens (including phenoxy) is 2. The van der Waals surface area contributed by atoms with Crippen LogP contribution in [0, 0.1) is 0 Å². The molecule has 0 bridgehead atoms. The molecule has 0 saturated heterocycles. The van der Waals surface area contributed by atoms with Crippen LogP contribution in [-0.2, 0) is 11.5 Å². The van der Waals surface area contributed by atoms with Crippen LogP contribution in [0.2, 0.25) is 25.7 Å². The van der Waals surface area contributed by atoms with Gasteiger partial charge in [0, 0.05) is 31.8 Å². The van der Waals surface area contributed by atoms with Crippen LogP contribution in [0.3, 0.4) is 0 Å². The van der Waals surface area contributed by atoms with Gasteiger partial charge in [-0.15, -0.1) is 0 Å². The number of fused-ring (bicyclic) bond motifs is 2. The first kappa shape index (κ1) is 24.1. The number of pyridine rings is 1. The molecule has 4 N–H and O–H groups in total. The molecule has 180 valence electrons. The highest BCUT2D eigenvalue weighted by Gasteiger charge is 2.25. The van der Waals surface area contributed by atoms with E-state index in [1.165, 1.54) is 6.33 Å². The first-order valence-corrected chi connectivity index (χ1v) is 15.0. The lowest BCUT2D eigenvalue weighted by molar-refractivity contribution is 0.0436. The Kier molecular flexibility index (Phi) is 7.12. The first-order valence-electron chi connectivity index (χ1n) is 11.3. The topological polar surface area (TPSA) is 129 Å². The van der Waals surface area contributed by atoms with Gasteiger partial charge in [-0.05, 0) is 18.2 Å². The fourth-order valence-corrected chi connectivity index (χ4v) is 4.44. The standard InChI is InChI=1S/C24H31N5O4Si/c1-34(2,3)9-8-32-15-29-23-21(22(25)27-14-28-23)20(24(29)33-13-18(31)12-30)17-10-16-6-4-5-7-19(16)26-11-17/h4-7,10-11,14,18,30-31H,8-9,12-13,15H2,1-3H3,(H2,25,27,28). The SMILES string of the molecule is C[Si](C)(C)CCOCn1c(OCC(O)CO)c(-c2cnc3ccccc3c2)c2c(N)ncnc21. The molecule has 0 spiro atoms. The Hall–Kier alpha value is -3.05. The summed E-state index contributed by atoms with van der Waals surface area (Å²) in [6, 6.07) is 10.9. The summed E-state index contributed by atoms with van der Waals surface area (Å²) >= 11 is 0. The molecule has 0 amide bonds. The average molecular weight is 482 g/mol.